The van der Waals surface area contributed by atoms with E-state index < -0.39 is 27.9 Å². The number of carbonyl (C=O) groups excluding carboxylic acids is 1. The lowest BCUT2D eigenvalue weighted by Gasteiger charge is -2.28. The van der Waals surface area contributed by atoms with Crippen LogP contribution >= 0.6 is 0 Å². The SMILES string of the molecule is CNC(=O)COc1ccc(S(=O)(=O)N2CCC(O)CC2)cc1F. The van der Waals surface area contributed by atoms with Gasteiger partial charge in [0.2, 0.25) is 10.0 Å². The minimum Gasteiger partial charge on any atom is -0.481 e. The second-order valence-electron chi connectivity index (χ2n) is 5.19. The van der Waals surface area contributed by atoms with E-state index in [9.17, 15) is 22.7 Å². The number of ether oxygens (including phenoxy) is 1. The van der Waals surface area contributed by atoms with Gasteiger partial charge >= 0.3 is 0 Å². The van der Waals surface area contributed by atoms with Crippen molar-refractivity contribution in [3.63, 3.8) is 0 Å². The molecule has 2 N–H and O–H groups in total. The number of likely N-dealkylation sites (N-methyl/N-ethyl adjacent to an activating group) is 1. The van der Waals surface area contributed by atoms with E-state index in [0.29, 0.717) is 12.8 Å². The summed E-state index contributed by atoms with van der Waals surface area (Å²) in [6.07, 6.45) is 0.211. The van der Waals surface area contributed by atoms with Crippen LogP contribution in [0.15, 0.2) is 23.1 Å². The van der Waals surface area contributed by atoms with Crippen molar-refractivity contribution in [1.82, 2.24) is 9.62 Å². The highest BCUT2D eigenvalue weighted by Crippen LogP contribution is 2.25. The van der Waals surface area contributed by atoms with Crippen molar-refractivity contribution in [3.05, 3.63) is 24.0 Å². The van der Waals surface area contributed by atoms with Crippen molar-refractivity contribution in [2.45, 2.75) is 23.8 Å². The van der Waals surface area contributed by atoms with E-state index in [1.807, 2.05) is 0 Å². The van der Waals surface area contributed by atoms with Gasteiger partial charge in [-0.05, 0) is 31.0 Å². The molecule has 0 bridgehead atoms. The maximum absolute atomic E-state index is 14.0. The summed E-state index contributed by atoms with van der Waals surface area (Å²) in [4.78, 5) is 10.9. The Balaban J connectivity index is 2.14. The number of carbonyl (C=O) groups is 1. The van der Waals surface area contributed by atoms with E-state index in [1.165, 1.54) is 23.5 Å². The van der Waals surface area contributed by atoms with Gasteiger partial charge in [-0.15, -0.1) is 0 Å². The quantitative estimate of drug-likeness (QED) is 0.788. The Morgan fingerprint density at radius 2 is 2.09 bits per heavy atom. The summed E-state index contributed by atoms with van der Waals surface area (Å²) in [5.74, 6) is -1.47. The van der Waals surface area contributed by atoms with E-state index >= 15 is 0 Å². The zero-order valence-corrected chi connectivity index (χ0v) is 13.5. The standard InChI is InChI=1S/C14H19FN2O5S/c1-16-14(19)9-22-13-3-2-11(8-12(13)15)23(20,21)17-6-4-10(18)5-7-17/h2-3,8,10,18H,4-7,9H2,1H3,(H,16,19). The Labute approximate surface area is 134 Å². The molecule has 1 amide bonds. The Morgan fingerprint density at radius 1 is 1.43 bits per heavy atom. The summed E-state index contributed by atoms with van der Waals surface area (Å²) < 4.78 is 45.1. The van der Waals surface area contributed by atoms with Gasteiger partial charge in [-0.2, -0.15) is 4.31 Å². The van der Waals surface area contributed by atoms with Crippen LogP contribution in [0.1, 0.15) is 12.8 Å². The number of nitrogens with one attached hydrogen (secondary N) is 1. The molecule has 1 aromatic carbocycles. The van der Waals surface area contributed by atoms with E-state index in [1.54, 1.807) is 0 Å². The molecule has 128 valence electrons. The van der Waals surface area contributed by atoms with Gasteiger partial charge in [0, 0.05) is 20.1 Å². The fraction of sp³-hybridized carbons (Fsp3) is 0.500. The van der Waals surface area contributed by atoms with Crippen LogP contribution in [0.3, 0.4) is 0 Å². The van der Waals surface area contributed by atoms with Gasteiger partial charge in [-0.1, -0.05) is 0 Å². The molecule has 1 aliphatic rings. The average Bonchev–Trinajstić information content (AvgIpc) is 2.53. The molecule has 1 saturated heterocycles. The first-order valence-corrected chi connectivity index (χ1v) is 8.59. The summed E-state index contributed by atoms with van der Waals surface area (Å²) in [6.45, 7) is 0.0314. The zero-order valence-electron chi connectivity index (χ0n) is 12.7. The predicted octanol–water partition coefficient (Wildman–Crippen LogP) is 0.0959. The molecular weight excluding hydrogens is 327 g/mol. The number of nitrogens with zero attached hydrogens (tertiary/aromatic N) is 1. The second kappa shape index (κ2) is 7.24. The third kappa shape index (κ3) is 4.18. The first-order chi connectivity index (χ1) is 10.8. The highest BCUT2D eigenvalue weighted by Gasteiger charge is 2.29. The molecule has 0 aliphatic carbocycles. The summed E-state index contributed by atoms with van der Waals surface area (Å²) in [5.41, 5.74) is 0. The Bertz CT molecular complexity index is 672. The number of rotatable bonds is 5. The lowest BCUT2D eigenvalue weighted by atomic mass is 10.1. The monoisotopic (exact) mass is 346 g/mol. The normalized spacial score (nSPS) is 17.0. The molecule has 0 aromatic heterocycles. The molecule has 2 rings (SSSR count). The fourth-order valence-electron chi connectivity index (χ4n) is 2.21. The number of aliphatic hydroxyl groups excluding tert-OH is 1. The topological polar surface area (TPSA) is 95.9 Å². The molecule has 1 aliphatic heterocycles. The van der Waals surface area contributed by atoms with Gasteiger partial charge in [0.1, 0.15) is 0 Å². The number of hydrogen-bond donors (Lipinski definition) is 2. The minimum absolute atomic E-state index is 0.182. The Hall–Kier alpha value is -1.71. The average molecular weight is 346 g/mol. The van der Waals surface area contributed by atoms with Crippen LogP contribution in [0.4, 0.5) is 4.39 Å². The minimum atomic E-state index is -3.81. The van der Waals surface area contributed by atoms with Crippen LogP contribution in [0.2, 0.25) is 0 Å². The number of aliphatic hydroxyl groups is 1. The highest BCUT2D eigenvalue weighted by molar-refractivity contribution is 7.89. The van der Waals surface area contributed by atoms with Gasteiger partial charge in [0.15, 0.2) is 18.2 Å². The van der Waals surface area contributed by atoms with Gasteiger partial charge in [0.05, 0.1) is 11.0 Å². The van der Waals surface area contributed by atoms with Crippen molar-refractivity contribution in [2.24, 2.45) is 0 Å². The van der Waals surface area contributed by atoms with Gasteiger partial charge in [0.25, 0.3) is 5.91 Å². The molecule has 23 heavy (non-hydrogen) atoms. The summed E-state index contributed by atoms with van der Waals surface area (Å²) in [7, 11) is -2.39. The van der Waals surface area contributed by atoms with E-state index in [0.717, 1.165) is 6.07 Å². The van der Waals surface area contributed by atoms with Crippen molar-refractivity contribution < 1.29 is 27.4 Å². The summed E-state index contributed by atoms with van der Waals surface area (Å²) >= 11 is 0. The maximum atomic E-state index is 14.0. The van der Waals surface area contributed by atoms with Crippen molar-refractivity contribution in [1.29, 1.82) is 0 Å². The third-order valence-corrected chi connectivity index (χ3v) is 5.50. The molecule has 0 radical (unpaired) electrons. The molecule has 0 unspecified atom stereocenters. The smallest absolute Gasteiger partial charge is 0.257 e. The summed E-state index contributed by atoms with van der Waals surface area (Å²) in [5, 5.41) is 11.8. The molecule has 7 nitrogen and oxygen atoms in total. The number of benzene rings is 1. The number of amides is 1. The lowest BCUT2D eigenvalue weighted by Crippen LogP contribution is -2.40. The van der Waals surface area contributed by atoms with Crippen molar-refractivity contribution in [3.8, 4) is 5.75 Å². The molecule has 0 spiro atoms. The number of piperidine rings is 1. The molecule has 1 fully saturated rings. The van der Waals surface area contributed by atoms with E-state index in [4.69, 9.17) is 4.74 Å². The van der Waals surface area contributed by atoms with Gasteiger partial charge in [-0.3, -0.25) is 4.79 Å². The van der Waals surface area contributed by atoms with E-state index in [2.05, 4.69) is 5.32 Å². The third-order valence-electron chi connectivity index (χ3n) is 3.60. The zero-order chi connectivity index (χ0) is 17.0. The lowest BCUT2D eigenvalue weighted by molar-refractivity contribution is -0.122. The second-order valence-corrected chi connectivity index (χ2v) is 7.13. The predicted molar refractivity (Wildman–Crippen MR) is 80.0 cm³/mol. The first-order valence-electron chi connectivity index (χ1n) is 7.15. The number of hydrogen-bond acceptors (Lipinski definition) is 5. The van der Waals surface area contributed by atoms with Crippen molar-refractivity contribution >= 4 is 15.9 Å². The van der Waals surface area contributed by atoms with Crippen LogP contribution in [0, 0.1) is 5.82 Å². The summed E-state index contributed by atoms with van der Waals surface area (Å²) in [6, 6.07) is 3.30. The van der Waals surface area contributed by atoms with Crippen LogP contribution < -0.4 is 10.1 Å². The molecule has 0 saturated carbocycles. The highest BCUT2D eigenvalue weighted by atomic mass is 32.2. The number of sulfonamides is 1. The first kappa shape index (κ1) is 17.6. The van der Waals surface area contributed by atoms with Gasteiger partial charge < -0.3 is 15.2 Å². The molecular formula is C14H19FN2O5S. The van der Waals surface area contributed by atoms with Crippen LogP contribution in [-0.4, -0.2) is 56.6 Å². The number of halogens is 1. The molecule has 1 heterocycles. The van der Waals surface area contributed by atoms with Gasteiger partial charge in [-0.25, -0.2) is 12.8 Å². The Morgan fingerprint density at radius 3 is 2.65 bits per heavy atom. The maximum Gasteiger partial charge on any atom is 0.257 e. The van der Waals surface area contributed by atoms with Crippen LogP contribution in [0.5, 0.6) is 5.75 Å². The molecule has 1 aromatic rings. The largest absolute Gasteiger partial charge is 0.481 e. The van der Waals surface area contributed by atoms with E-state index in [-0.39, 0.29) is 30.3 Å². The Kier molecular flexibility index (Phi) is 5.55. The fourth-order valence-corrected chi connectivity index (χ4v) is 3.69. The van der Waals surface area contributed by atoms with Crippen LogP contribution in [-0.2, 0) is 14.8 Å². The van der Waals surface area contributed by atoms with Crippen LogP contribution in [0.25, 0.3) is 0 Å². The molecule has 9 heteroatoms. The van der Waals surface area contributed by atoms with Crippen molar-refractivity contribution in [2.75, 3.05) is 26.7 Å². The molecule has 0 atom stereocenters.